The first-order valence-corrected chi connectivity index (χ1v) is 19.3. The topological polar surface area (TPSA) is 0 Å². The van der Waals surface area contributed by atoms with E-state index >= 15 is 0 Å². The summed E-state index contributed by atoms with van der Waals surface area (Å²) in [5.41, 5.74) is 15.4. The van der Waals surface area contributed by atoms with Crippen molar-refractivity contribution in [1.29, 1.82) is 0 Å². The third-order valence-electron chi connectivity index (χ3n) is 13.0. The Labute approximate surface area is 318 Å². The van der Waals surface area contributed by atoms with Crippen LogP contribution in [0.5, 0.6) is 0 Å². The van der Waals surface area contributed by atoms with Gasteiger partial charge in [-0.2, -0.15) is 0 Å². The zero-order chi connectivity index (χ0) is 35.8. The average Bonchev–Trinajstić information content (AvgIpc) is 3.72. The lowest BCUT2D eigenvalue weighted by Gasteiger charge is -2.31. The molecular formula is C55H32. The standard InChI is InChI=1S/C55H32/c1-2-14-40-33(10-1)11-8-17-41(40)42-18-9-19-46-43(42)28-29-50-54(46)47-27-26-36(32-51(47)55(50)48-20-5-3-15-44(48)45-16-4-6-21-49(45)55)39-30-37-24-22-34-12-7-13-35-23-25-38(31-39)53(37)52(34)35/h1-32H. The zero-order valence-corrected chi connectivity index (χ0v) is 30.0. The molecule has 0 saturated carbocycles. The Morgan fingerprint density at radius 1 is 0.255 bits per heavy atom. The Kier molecular flexibility index (Phi) is 5.65. The summed E-state index contributed by atoms with van der Waals surface area (Å²) >= 11 is 0. The van der Waals surface area contributed by atoms with Crippen LogP contribution in [0.4, 0.5) is 0 Å². The van der Waals surface area contributed by atoms with Crippen LogP contribution in [0.2, 0.25) is 0 Å². The maximum Gasteiger partial charge on any atom is 0.0725 e. The van der Waals surface area contributed by atoms with Crippen molar-refractivity contribution in [3.8, 4) is 44.5 Å². The van der Waals surface area contributed by atoms with Gasteiger partial charge in [0.25, 0.3) is 0 Å². The Morgan fingerprint density at radius 2 is 0.800 bits per heavy atom. The molecule has 0 saturated heterocycles. The lowest BCUT2D eigenvalue weighted by Crippen LogP contribution is -2.25. The second-order valence-corrected chi connectivity index (χ2v) is 15.5. The van der Waals surface area contributed by atoms with Crippen LogP contribution in [-0.4, -0.2) is 0 Å². The van der Waals surface area contributed by atoms with E-state index in [0.717, 1.165) is 0 Å². The summed E-state index contributed by atoms with van der Waals surface area (Å²) in [7, 11) is 0. The smallest absolute Gasteiger partial charge is 0.0619 e. The third-order valence-corrected chi connectivity index (χ3v) is 13.0. The van der Waals surface area contributed by atoms with Gasteiger partial charge >= 0.3 is 0 Å². The van der Waals surface area contributed by atoms with Crippen LogP contribution in [0.15, 0.2) is 194 Å². The Balaban J connectivity index is 1.12. The fourth-order valence-corrected chi connectivity index (χ4v) is 10.8. The van der Waals surface area contributed by atoms with Crippen molar-refractivity contribution in [1.82, 2.24) is 0 Å². The van der Waals surface area contributed by atoms with E-state index in [-0.39, 0.29) is 0 Å². The molecule has 11 aromatic carbocycles. The number of rotatable bonds is 2. The summed E-state index contributed by atoms with van der Waals surface area (Å²) < 4.78 is 0. The fourth-order valence-electron chi connectivity index (χ4n) is 10.8. The van der Waals surface area contributed by atoms with E-state index in [4.69, 9.17) is 0 Å². The van der Waals surface area contributed by atoms with Crippen molar-refractivity contribution in [2.45, 2.75) is 5.41 Å². The van der Waals surface area contributed by atoms with E-state index in [1.807, 2.05) is 0 Å². The average molecular weight is 693 g/mol. The van der Waals surface area contributed by atoms with Crippen molar-refractivity contribution in [2.24, 2.45) is 0 Å². The largest absolute Gasteiger partial charge is 0.0725 e. The normalized spacial score (nSPS) is 13.6. The van der Waals surface area contributed by atoms with Gasteiger partial charge < -0.3 is 0 Å². The predicted molar refractivity (Wildman–Crippen MR) is 232 cm³/mol. The molecule has 252 valence electrons. The molecule has 2 aliphatic rings. The molecule has 1 spiro atoms. The summed E-state index contributed by atoms with van der Waals surface area (Å²) in [4.78, 5) is 0. The Bertz CT molecular complexity index is 3320. The van der Waals surface area contributed by atoms with Crippen molar-refractivity contribution in [2.75, 3.05) is 0 Å². The van der Waals surface area contributed by atoms with Gasteiger partial charge in [-0.25, -0.2) is 0 Å². The zero-order valence-electron chi connectivity index (χ0n) is 30.0. The molecule has 0 N–H and O–H groups in total. The summed E-state index contributed by atoms with van der Waals surface area (Å²) in [6, 6.07) is 73.5. The van der Waals surface area contributed by atoms with E-state index in [9.17, 15) is 0 Å². The minimum atomic E-state index is -0.437. The highest BCUT2D eigenvalue weighted by Gasteiger charge is 2.52. The Hall–Kier alpha value is -7.02. The molecule has 0 fully saturated rings. The number of fused-ring (bicyclic) bond motifs is 13. The molecule has 0 atom stereocenters. The molecule has 0 aromatic heterocycles. The molecule has 0 bridgehead atoms. The van der Waals surface area contributed by atoms with E-state index in [2.05, 4.69) is 194 Å². The van der Waals surface area contributed by atoms with Gasteiger partial charge in [0, 0.05) is 0 Å². The first-order valence-electron chi connectivity index (χ1n) is 19.3. The summed E-state index contributed by atoms with van der Waals surface area (Å²) in [6.45, 7) is 0. The third kappa shape index (κ3) is 3.71. The van der Waals surface area contributed by atoms with Crippen LogP contribution in [0.1, 0.15) is 22.3 Å². The lowest BCUT2D eigenvalue weighted by atomic mass is 9.70. The highest BCUT2D eigenvalue weighted by molar-refractivity contribution is 6.24. The molecule has 0 nitrogen and oxygen atoms in total. The first-order chi connectivity index (χ1) is 27.3. The van der Waals surface area contributed by atoms with Gasteiger partial charge in [0.1, 0.15) is 0 Å². The molecule has 55 heavy (non-hydrogen) atoms. The maximum atomic E-state index is 2.53. The minimum absolute atomic E-state index is 0.437. The molecule has 11 aromatic rings. The van der Waals surface area contributed by atoms with Crippen LogP contribution in [0.25, 0.3) is 98.4 Å². The van der Waals surface area contributed by atoms with Crippen LogP contribution in [0.3, 0.4) is 0 Å². The van der Waals surface area contributed by atoms with E-state index in [1.54, 1.807) is 0 Å². The van der Waals surface area contributed by atoms with E-state index < -0.39 is 5.41 Å². The van der Waals surface area contributed by atoms with E-state index in [0.29, 0.717) is 0 Å². The molecular weight excluding hydrogens is 661 g/mol. The lowest BCUT2D eigenvalue weighted by molar-refractivity contribution is 0.795. The number of benzene rings is 11. The highest BCUT2D eigenvalue weighted by atomic mass is 14.5. The van der Waals surface area contributed by atoms with Gasteiger partial charge in [0.15, 0.2) is 0 Å². The van der Waals surface area contributed by atoms with Crippen molar-refractivity contribution in [3.05, 3.63) is 216 Å². The first kappa shape index (κ1) is 29.4. The van der Waals surface area contributed by atoms with Gasteiger partial charge in [-0.15, -0.1) is 0 Å². The van der Waals surface area contributed by atoms with Gasteiger partial charge in [-0.05, 0) is 139 Å². The van der Waals surface area contributed by atoms with Crippen LogP contribution < -0.4 is 0 Å². The molecule has 2 aliphatic carbocycles. The predicted octanol–water partition coefficient (Wildman–Crippen LogP) is 14.6. The number of hydrogen-bond donors (Lipinski definition) is 0. The van der Waals surface area contributed by atoms with E-state index in [1.165, 1.54) is 121 Å². The number of hydrogen-bond acceptors (Lipinski definition) is 0. The van der Waals surface area contributed by atoms with Crippen LogP contribution in [0, 0.1) is 0 Å². The van der Waals surface area contributed by atoms with Crippen molar-refractivity contribution >= 4 is 53.9 Å². The van der Waals surface area contributed by atoms with Crippen molar-refractivity contribution < 1.29 is 0 Å². The quantitative estimate of drug-likeness (QED) is 0.158. The second kappa shape index (κ2) is 10.6. The molecule has 13 rings (SSSR count). The Morgan fingerprint density at radius 3 is 1.56 bits per heavy atom. The van der Waals surface area contributed by atoms with Crippen molar-refractivity contribution in [3.63, 3.8) is 0 Å². The minimum Gasteiger partial charge on any atom is -0.0619 e. The van der Waals surface area contributed by atoms with Crippen LogP contribution >= 0.6 is 0 Å². The highest BCUT2D eigenvalue weighted by Crippen LogP contribution is 2.64. The van der Waals surface area contributed by atoms with Gasteiger partial charge in [0.2, 0.25) is 0 Å². The summed E-state index contributed by atoms with van der Waals surface area (Å²) in [6.07, 6.45) is 0. The molecule has 0 amide bonds. The molecule has 0 aliphatic heterocycles. The fraction of sp³-hybridized carbons (Fsp3) is 0.0182. The SMILES string of the molecule is c1ccc2c(c1)-c1ccccc1C21c2cc(-c3cc4ccc5cccc6ccc(c3)c4c56)ccc2-c2c1ccc1c(-c3cccc4ccccc34)cccc21. The molecule has 0 unspecified atom stereocenters. The molecule has 0 heteroatoms. The second-order valence-electron chi connectivity index (χ2n) is 15.5. The molecule has 0 heterocycles. The summed E-state index contributed by atoms with van der Waals surface area (Å²) in [5.74, 6) is 0. The summed E-state index contributed by atoms with van der Waals surface area (Å²) in [5, 5.41) is 13.0. The van der Waals surface area contributed by atoms with Gasteiger partial charge in [0.05, 0.1) is 5.41 Å². The van der Waals surface area contributed by atoms with Gasteiger partial charge in [-0.1, -0.05) is 176 Å². The van der Waals surface area contributed by atoms with Crippen LogP contribution in [-0.2, 0) is 5.41 Å². The van der Waals surface area contributed by atoms with Gasteiger partial charge in [-0.3, -0.25) is 0 Å². The monoisotopic (exact) mass is 692 g/mol. The molecule has 0 radical (unpaired) electrons. The maximum absolute atomic E-state index is 2.53.